The average molecular weight is 922 g/mol. The van der Waals surface area contributed by atoms with Gasteiger partial charge in [-0.05, 0) is 75.2 Å². The van der Waals surface area contributed by atoms with Crippen LogP contribution in [-0.2, 0) is 54.7 Å². The van der Waals surface area contributed by atoms with Crippen LogP contribution >= 0.6 is 0 Å². The van der Waals surface area contributed by atoms with Gasteiger partial charge in [-0.15, -0.1) is 0 Å². The topological polar surface area (TPSA) is 218 Å². The van der Waals surface area contributed by atoms with Crippen molar-refractivity contribution in [1.82, 2.24) is 24.7 Å². The predicted octanol–water partition coefficient (Wildman–Crippen LogP) is 3.52. The minimum atomic E-state index is -3.95. The first-order valence-electron chi connectivity index (χ1n) is 22.6. The zero-order valence-corrected chi connectivity index (χ0v) is 40.8. The fourth-order valence-electron chi connectivity index (χ4n) is 9.06. The number of carboxylic acids is 1. The van der Waals surface area contributed by atoms with Gasteiger partial charge in [0.2, 0.25) is 27.7 Å². The van der Waals surface area contributed by atoms with E-state index in [9.17, 15) is 37.2 Å². The van der Waals surface area contributed by atoms with Gasteiger partial charge in [0.15, 0.2) is 12.4 Å². The Hall–Kier alpha value is -4.13. The number of ether oxygens (including phenoxy) is 3. The molecule has 0 radical (unpaired) electrons. The number of nitrogens with zero attached hydrogens (tertiary/aromatic N) is 3. The van der Waals surface area contributed by atoms with E-state index in [0.29, 0.717) is 44.2 Å². The summed E-state index contributed by atoms with van der Waals surface area (Å²) in [5.74, 6) is -4.39. The first-order chi connectivity index (χ1) is 30.0. The molecule has 1 aliphatic carbocycles. The molecule has 0 unspecified atom stereocenters. The molecule has 0 bridgehead atoms. The molecular formula is C46H75N5O12S. The highest BCUT2D eigenvalue weighted by atomic mass is 32.2. The number of likely N-dealkylation sites (N-methyl/N-ethyl adjacent to an activating group) is 2. The fourth-order valence-corrected chi connectivity index (χ4v) is 10.4. The molecule has 1 saturated heterocycles. The number of methoxy groups -OCH3 is 2. The molecule has 2 fully saturated rings. The van der Waals surface area contributed by atoms with Crippen LogP contribution in [0.3, 0.4) is 0 Å². The standard InChI is InChI=1S/C46H75N5O12S/c1-13-29(6)42(50(10)46(58)34(27(2)3)24-37(52)41(28(4)5)49(8)9)38(61-11)25-39(53)51-22-14-15-36(51)43(62-12)30(7)44(56)47-35(45(57)48-64(59,60)33-20-21-33)23-31-16-18-32(19-17-31)63-26-40(54)55/h16-19,27-30,33-36,38,41-43H,13-15,20-26H2,1-12H3,(H,47,56)(H,48,57)(H,54,55)/t29-,30+,34-,35-,36-,38+,41-,42-,43+/m0/s1. The Morgan fingerprint density at radius 3 is 2.00 bits per heavy atom. The highest BCUT2D eigenvalue weighted by Gasteiger charge is 2.44. The summed E-state index contributed by atoms with van der Waals surface area (Å²) in [4.78, 5) is 86.2. The van der Waals surface area contributed by atoms with E-state index in [0.717, 1.165) is 0 Å². The second-order valence-electron chi connectivity index (χ2n) is 18.6. The van der Waals surface area contributed by atoms with Crippen LogP contribution in [0.5, 0.6) is 5.75 Å². The summed E-state index contributed by atoms with van der Waals surface area (Å²) in [6, 6.07) is 3.54. The van der Waals surface area contributed by atoms with Gasteiger partial charge in [0.25, 0.3) is 5.91 Å². The molecule has 362 valence electrons. The lowest BCUT2D eigenvalue weighted by Crippen LogP contribution is -2.55. The third-order valence-electron chi connectivity index (χ3n) is 12.9. The van der Waals surface area contributed by atoms with Crippen LogP contribution in [0.25, 0.3) is 0 Å². The number of likely N-dealkylation sites (tertiary alicyclic amines) is 1. The number of amides is 4. The maximum atomic E-state index is 14.4. The van der Waals surface area contributed by atoms with Gasteiger partial charge in [-0.3, -0.25) is 33.6 Å². The zero-order chi connectivity index (χ0) is 48.2. The molecule has 1 aromatic rings. The van der Waals surface area contributed by atoms with E-state index >= 15 is 0 Å². The Bertz CT molecular complexity index is 1850. The molecule has 1 aromatic carbocycles. The molecule has 0 spiro atoms. The number of hydrogen-bond acceptors (Lipinski definition) is 12. The number of benzene rings is 1. The summed E-state index contributed by atoms with van der Waals surface area (Å²) in [6.07, 6.45) is 1.15. The third-order valence-corrected chi connectivity index (χ3v) is 14.7. The summed E-state index contributed by atoms with van der Waals surface area (Å²) in [5, 5.41) is 11.0. The number of carbonyl (C=O) groups excluding carboxylic acids is 5. The van der Waals surface area contributed by atoms with Crippen LogP contribution in [0.2, 0.25) is 0 Å². The smallest absolute Gasteiger partial charge is 0.341 e. The molecule has 1 saturated carbocycles. The van der Waals surface area contributed by atoms with Gasteiger partial charge >= 0.3 is 5.97 Å². The largest absolute Gasteiger partial charge is 0.482 e. The Morgan fingerprint density at radius 2 is 1.50 bits per heavy atom. The molecule has 1 aliphatic heterocycles. The number of rotatable bonds is 27. The second kappa shape index (κ2) is 24.4. The van der Waals surface area contributed by atoms with Crippen LogP contribution < -0.4 is 14.8 Å². The van der Waals surface area contributed by atoms with E-state index in [1.165, 1.54) is 26.4 Å². The number of sulfonamides is 1. The Balaban J connectivity index is 1.82. The molecule has 9 atom stereocenters. The lowest BCUT2D eigenvalue weighted by Gasteiger charge is -2.41. The maximum Gasteiger partial charge on any atom is 0.341 e. The molecule has 17 nitrogen and oxygen atoms in total. The van der Waals surface area contributed by atoms with Crippen molar-refractivity contribution in [3.05, 3.63) is 29.8 Å². The predicted molar refractivity (Wildman–Crippen MR) is 242 cm³/mol. The third kappa shape index (κ3) is 14.7. The van der Waals surface area contributed by atoms with E-state index in [1.54, 1.807) is 35.9 Å². The molecule has 18 heteroatoms. The van der Waals surface area contributed by atoms with Crippen molar-refractivity contribution >= 4 is 45.4 Å². The number of ketones is 1. The van der Waals surface area contributed by atoms with Gasteiger partial charge in [0.1, 0.15) is 11.8 Å². The number of carbonyl (C=O) groups is 6. The highest BCUT2D eigenvalue weighted by molar-refractivity contribution is 7.90. The molecular weight excluding hydrogens is 847 g/mol. The summed E-state index contributed by atoms with van der Waals surface area (Å²) < 4.78 is 44.9. The first-order valence-corrected chi connectivity index (χ1v) is 24.1. The lowest BCUT2D eigenvalue weighted by atomic mass is 9.83. The van der Waals surface area contributed by atoms with Crippen molar-refractivity contribution in [1.29, 1.82) is 0 Å². The van der Waals surface area contributed by atoms with Crippen molar-refractivity contribution < 1.29 is 56.5 Å². The number of Topliss-reactive ketones (excluding diaryl/α,β-unsaturated/α-hetero) is 1. The SMILES string of the molecule is CC[C@H](C)[C@@H]([C@@H](CC(=O)N1CCC[C@H]1[C@H](OC)[C@@H](C)C(=O)N[C@@H](Cc1ccc(OCC(=O)O)cc1)C(=O)NS(=O)(=O)C1CC1)OC)N(C)C(=O)[C@@H](CC(=O)[C@H](C(C)C)N(C)C)C(C)C. The molecule has 2 aliphatic rings. The van der Waals surface area contributed by atoms with E-state index in [1.807, 2.05) is 60.5 Å². The van der Waals surface area contributed by atoms with Crippen molar-refractivity contribution in [2.45, 2.75) is 141 Å². The van der Waals surface area contributed by atoms with Crippen LogP contribution in [0.15, 0.2) is 24.3 Å². The minimum absolute atomic E-state index is 0.00607. The zero-order valence-electron chi connectivity index (χ0n) is 40.0. The quantitative estimate of drug-likeness (QED) is 0.115. The summed E-state index contributed by atoms with van der Waals surface area (Å²) in [5.41, 5.74) is 0.545. The average Bonchev–Trinajstić information content (AvgIpc) is 3.99. The highest BCUT2D eigenvalue weighted by Crippen LogP contribution is 2.32. The second-order valence-corrected chi connectivity index (χ2v) is 20.5. The molecule has 3 rings (SSSR count). The van der Waals surface area contributed by atoms with Gasteiger partial charge in [-0.2, -0.15) is 0 Å². The Labute approximate surface area is 380 Å². The van der Waals surface area contributed by atoms with E-state index < -0.39 is 81.8 Å². The number of hydrogen-bond donors (Lipinski definition) is 3. The van der Waals surface area contributed by atoms with E-state index in [4.69, 9.17) is 19.3 Å². The molecule has 3 N–H and O–H groups in total. The molecule has 0 aromatic heterocycles. The summed E-state index contributed by atoms with van der Waals surface area (Å²) >= 11 is 0. The van der Waals surface area contributed by atoms with Gasteiger partial charge in [-0.25, -0.2) is 13.2 Å². The minimum Gasteiger partial charge on any atom is -0.482 e. The normalized spacial score (nSPS) is 19.3. The van der Waals surface area contributed by atoms with Crippen molar-refractivity contribution in [2.75, 3.05) is 48.5 Å². The van der Waals surface area contributed by atoms with E-state index in [2.05, 4.69) is 10.0 Å². The summed E-state index contributed by atoms with van der Waals surface area (Å²) in [6.45, 7) is 13.4. The maximum absolute atomic E-state index is 14.4. The Morgan fingerprint density at radius 1 is 0.875 bits per heavy atom. The fraction of sp³-hybridized carbons (Fsp3) is 0.739. The first kappa shape index (κ1) is 54.2. The molecule has 1 heterocycles. The van der Waals surface area contributed by atoms with Gasteiger partial charge in [0, 0.05) is 46.6 Å². The summed E-state index contributed by atoms with van der Waals surface area (Å²) in [7, 11) is 4.48. The molecule has 64 heavy (non-hydrogen) atoms. The van der Waals surface area contributed by atoms with Crippen LogP contribution in [0, 0.1) is 29.6 Å². The van der Waals surface area contributed by atoms with Crippen LogP contribution in [-0.4, -0.2) is 154 Å². The van der Waals surface area contributed by atoms with Gasteiger partial charge in [0.05, 0.1) is 47.9 Å². The van der Waals surface area contributed by atoms with Crippen LogP contribution in [0.1, 0.15) is 99.0 Å². The van der Waals surface area contributed by atoms with Crippen molar-refractivity contribution in [2.24, 2.45) is 29.6 Å². The van der Waals surface area contributed by atoms with E-state index in [-0.39, 0.29) is 66.4 Å². The van der Waals surface area contributed by atoms with Gasteiger partial charge < -0.3 is 34.4 Å². The number of aliphatic carboxylic acids is 1. The van der Waals surface area contributed by atoms with Crippen LogP contribution in [0.4, 0.5) is 0 Å². The molecule has 4 amide bonds. The number of nitrogens with one attached hydrogen (secondary N) is 2. The monoisotopic (exact) mass is 922 g/mol. The lowest BCUT2D eigenvalue weighted by molar-refractivity contribution is -0.149. The Kier molecular flexibility index (Phi) is 20.7. The van der Waals surface area contributed by atoms with Crippen molar-refractivity contribution in [3.63, 3.8) is 0 Å². The van der Waals surface area contributed by atoms with Crippen molar-refractivity contribution in [3.8, 4) is 5.75 Å². The number of carboxylic acid groups (broad SMARTS) is 1. The van der Waals surface area contributed by atoms with Gasteiger partial charge in [-0.1, -0.05) is 67.0 Å².